The molecule has 0 radical (unpaired) electrons. The van der Waals surface area contributed by atoms with E-state index in [1.54, 1.807) is 12.1 Å². The van der Waals surface area contributed by atoms with E-state index < -0.39 is 0 Å². The Morgan fingerprint density at radius 1 is 0.846 bits per heavy atom. The van der Waals surface area contributed by atoms with E-state index in [4.69, 9.17) is 10.2 Å². The predicted octanol–water partition coefficient (Wildman–Crippen LogP) is -0.633. The number of phenolic OH excluding ortho intramolecular Hbond substituents is 2. The van der Waals surface area contributed by atoms with E-state index in [9.17, 15) is 0 Å². The molecule has 0 aliphatic heterocycles. The molecule has 0 spiro atoms. The molecule has 0 bridgehead atoms. The van der Waals surface area contributed by atoms with Gasteiger partial charge in [-0.1, -0.05) is 24.3 Å². The topological polar surface area (TPSA) is 40.5 Å². The summed E-state index contributed by atoms with van der Waals surface area (Å²) in [5.74, 6) is -0.151. The Labute approximate surface area is 99.6 Å². The van der Waals surface area contributed by atoms with Gasteiger partial charge in [-0.05, 0) is 22.9 Å². The van der Waals surface area contributed by atoms with Gasteiger partial charge in [-0.3, -0.25) is 0 Å². The monoisotopic (exact) mass is 184 g/mol. The molecule has 0 aliphatic rings. The van der Waals surface area contributed by atoms with Crippen LogP contribution in [0.1, 0.15) is 1.43 Å². The molecule has 62 valence electrons. The van der Waals surface area contributed by atoms with Gasteiger partial charge in [-0.15, -0.1) is 0 Å². The van der Waals surface area contributed by atoms with Gasteiger partial charge in [-0.2, -0.15) is 0 Å². The summed E-state index contributed by atoms with van der Waals surface area (Å²) in [6.07, 6.45) is 0. The summed E-state index contributed by atoms with van der Waals surface area (Å²) >= 11 is 0. The molecule has 2 aromatic rings. The second-order valence-corrected chi connectivity index (χ2v) is 2.69. The third-order valence-corrected chi connectivity index (χ3v) is 1.84. The van der Waals surface area contributed by atoms with Gasteiger partial charge in [0.05, 0.1) is 0 Å². The summed E-state index contributed by atoms with van der Waals surface area (Å²) in [4.78, 5) is 0. The third-order valence-electron chi connectivity index (χ3n) is 1.84. The average molecular weight is 184 g/mol. The van der Waals surface area contributed by atoms with Crippen LogP contribution in [-0.2, 0) is 0 Å². The maximum absolute atomic E-state index is 9.17. The Balaban J connectivity index is 0.000000845. The van der Waals surface area contributed by atoms with Crippen LogP contribution in [0.3, 0.4) is 0 Å². The largest absolute Gasteiger partial charge is 1.00 e. The standard InChI is InChI=1S/C10H8O2.Na.H/c11-9-5-7-3-1-2-4-8(7)6-10(9)12;;/h1-6,11-12H;;/q;+1;-1. The van der Waals surface area contributed by atoms with Crippen molar-refractivity contribution in [3.63, 3.8) is 0 Å². The fourth-order valence-electron chi connectivity index (χ4n) is 1.22. The maximum atomic E-state index is 9.17. The molecule has 2 aromatic carbocycles. The average Bonchev–Trinajstić information content (AvgIpc) is 2.07. The normalized spacial score (nSPS) is 9.54. The number of hydrogen-bond acceptors (Lipinski definition) is 2. The van der Waals surface area contributed by atoms with E-state index in [0.717, 1.165) is 10.8 Å². The van der Waals surface area contributed by atoms with Gasteiger partial charge in [0, 0.05) is 0 Å². The molecule has 0 amide bonds. The molecule has 13 heavy (non-hydrogen) atoms. The summed E-state index contributed by atoms with van der Waals surface area (Å²) in [5, 5.41) is 20.2. The van der Waals surface area contributed by atoms with Crippen LogP contribution in [-0.4, -0.2) is 10.2 Å². The van der Waals surface area contributed by atoms with Crippen molar-refractivity contribution < 1.29 is 41.2 Å². The molecule has 2 N–H and O–H groups in total. The Kier molecular flexibility index (Phi) is 3.20. The number of benzene rings is 2. The summed E-state index contributed by atoms with van der Waals surface area (Å²) in [7, 11) is 0. The van der Waals surface area contributed by atoms with Crippen LogP contribution < -0.4 is 29.6 Å². The smallest absolute Gasteiger partial charge is 1.00 e. The molecular weight excluding hydrogens is 175 g/mol. The van der Waals surface area contributed by atoms with Crippen molar-refractivity contribution in [2.24, 2.45) is 0 Å². The third kappa shape index (κ3) is 1.97. The van der Waals surface area contributed by atoms with Gasteiger partial charge < -0.3 is 11.6 Å². The Bertz CT molecular complexity index is 391. The summed E-state index contributed by atoms with van der Waals surface area (Å²) < 4.78 is 0. The molecule has 0 heterocycles. The number of fused-ring (bicyclic) bond motifs is 1. The van der Waals surface area contributed by atoms with Gasteiger partial charge in [-0.25, -0.2) is 0 Å². The van der Waals surface area contributed by atoms with Crippen LogP contribution in [0.25, 0.3) is 10.8 Å². The molecule has 0 saturated heterocycles. The molecule has 2 rings (SSSR count). The second-order valence-electron chi connectivity index (χ2n) is 2.69. The minimum atomic E-state index is -0.0753. The van der Waals surface area contributed by atoms with Crippen molar-refractivity contribution in [2.45, 2.75) is 0 Å². The SMILES string of the molecule is Oc1cc2ccccc2cc1O.[H-].[Na+]. The van der Waals surface area contributed by atoms with Gasteiger partial charge in [0.2, 0.25) is 0 Å². The van der Waals surface area contributed by atoms with Crippen LogP contribution in [0.5, 0.6) is 11.5 Å². The zero-order chi connectivity index (χ0) is 8.55. The van der Waals surface area contributed by atoms with E-state index in [-0.39, 0.29) is 42.5 Å². The summed E-state index contributed by atoms with van der Waals surface area (Å²) in [6.45, 7) is 0. The van der Waals surface area contributed by atoms with Crippen molar-refractivity contribution in [3.8, 4) is 11.5 Å². The van der Waals surface area contributed by atoms with Gasteiger partial charge in [0.25, 0.3) is 0 Å². The van der Waals surface area contributed by atoms with Crippen molar-refractivity contribution >= 4 is 10.8 Å². The van der Waals surface area contributed by atoms with E-state index in [1.807, 2.05) is 24.3 Å². The minimum absolute atomic E-state index is 0. The van der Waals surface area contributed by atoms with E-state index in [1.165, 1.54) is 0 Å². The van der Waals surface area contributed by atoms with Crippen molar-refractivity contribution in [1.29, 1.82) is 0 Å². The maximum Gasteiger partial charge on any atom is 1.00 e. The molecule has 0 aromatic heterocycles. The van der Waals surface area contributed by atoms with Crippen LogP contribution >= 0.6 is 0 Å². The van der Waals surface area contributed by atoms with Crippen LogP contribution in [0.2, 0.25) is 0 Å². The van der Waals surface area contributed by atoms with Crippen molar-refractivity contribution in [3.05, 3.63) is 36.4 Å². The van der Waals surface area contributed by atoms with E-state index in [0.29, 0.717) is 0 Å². The van der Waals surface area contributed by atoms with Crippen molar-refractivity contribution in [1.82, 2.24) is 0 Å². The minimum Gasteiger partial charge on any atom is -1.00 e. The van der Waals surface area contributed by atoms with Gasteiger partial charge in [0.1, 0.15) is 0 Å². The molecule has 0 aliphatic carbocycles. The molecule has 0 saturated carbocycles. The number of phenols is 2. The van der Waals surface area contributed by atoms with Crippen LogP contribution in [0.15, 0.2) is 36.4 Å². The van der Waals surface area contributed by atoms with Gasteiger partial charge >= 0.3 is 29.6 Å². The van der Waals surface area contributed by atoms with Gasteiger partial charge in [0.15, 0.2) is 11.5 Å². The molecular formula is C10H9NaO2. The molecule has 0 atom stereocenters. The first kappa shape index (κ1) is 10.4. The zero-order valence-corrected chi connectivity index (χ0v) is 9.36. The Hall–Kier alpha value is -0.700. The number of hydrogen-bond donors (Lipinski definition) is 2. The van der Waals surface area contributed by atoms with Crippen LogP contribution in [0.4, 0.5) is 0 Å². The second kappa shape index (κ2) is 4.01. The van der Waals surface area contributed by atoms with E-state index in [2.05, 4.69) is 0 Å². The molecule has 0 fully saturated rings. The zero-order valence-electron chi connectivity index (χ0n) is 8.36. The number of aromatic hydroxyl groups is 2. The van der Waals surface area contributed by atoms with E-state index >= 15 is 0 Å². The molecule has 3 heteroatoms. The Morgan fingerprint density at radius 3 is 1.62 bits per heavy atom. The van der Waals surface area contributed by atoms with Crippen molar-refractivity contribution in [2.75, 3.05) is 0 Å². The quantitative estimate of drug-likeness (QED) is 0.422. The summed E-state index contributed by atoms with van der Waals surface area (Å²) in [5.41, 5.74) is 0. The predicted molar refractivity (Wildman–Crippen MR) is 48.4 cm³/mol. The first-order valence-corrected chi connectivity index (χ1v) is 3.68. The van der Waals surface area contributed by atoms with Crippen LogP contribution in [0, 0.1) is 0 Å². The number of rotatable bonds is 0. The Morgan fingerprint density at radius 2 is 1.23 bits per heavy atom. The molecule has 2 nitrogen and oxygen atoms in total. The first-order valence-electron chi connectivity index (χ1n) is 3.68. The first-order chi connectivity index (χ1) is 5.77. The summed E-state index contributed by atoms with van der Waals surface area (Å²) in [6, 6.07) is 10.6. The fourth-order valence-corrected chi connectivity index (χ4v) is 1.22. The fraction of sp³-hybridized carbons (Fsp3) is 0. The molecule has 0 unspecified atom stereocenters.